The summed E-state index contributed by atoms with van der Waals surface area (Å²) in [6.07, 6.45) is 3.07. The summed E-state index contributed by atoms with van der Waals surface area (Å²) in [5.74, 6) is -0.383. The molecule has 0 saturated heterocycles. The van der Waals surface area contributed by atoms with Gasteiger partial charge in [0.05, 0.1) is 6.61 Å². The molecule has 3 N–H and O–H groups in total. The van der Waals surface area contributed by atoms with Crippen molar-refractivity contribution in [1.82, 2.24) is 0 Å². The zero-order valence-corrected chi connectivity index (χ0v) is 11.2. The fourth-order valence-electron chi connectivity index (χ4n) is 1.68. The van der Waals surface area contributed by atoms with Crippen LogP contribution in [-0.4, -0.2) is 19.1 Å². The van der Waals surface area contributed by atoms with E-state index in [0.29, 0.717) is 25.3 Å². The van der Waals surface area contributed by atoms with E-state index in [0.717, 1.165) is 19.3 Å². The molecular weight excluding hydrogens is 247 g/mol. The van der Waals surface area contributed by atoms with Gasteiger partial charge in [-0.3, -0.25) is 4.79 Å². The average molecular weight is 268 g/mol. The number of hydrogen-bond acceptors (Lipinski definition) is 3. The van der Waals surface area contributed by atoms with Crippen LogP contribution in [-0.2, 0) is 4.79 Å². The van der Waals surface area contributed by atoms with Crippen molar-refractivity contribution in [3.63, 3.8) is 0 Å². The van der Waals surface area contributed by atoms with Crippen LogP contribution in [0.3, 0.4) is 0 Å². The van der Waals surface area contributed by atoms with Gasteiger partial charge in [-0.1, -0.05) is 6.42 Å². The van der Waals surface area contributed by atoms with Gasteiger partial charge >= 0.3 is 0 Å². The number of nitrogens with one attached hydrogen (secondary N) is 1. The van der Waals surface area contributed by atoms with Crippen LogP contribution < -0.4 is 15.8 Å². The molecule has 0 radical (unpaired) electrons. The van der Waals surface area contributed by atoms with Crippen molar-refractivity contribution in [1.29, 1.82) is 0 Å². The number of ether oxygens (including phenoxy) is 1. The van der Waals surface area contributed by atoms with E-state index in [4.69, 9.17) is 10.5 Å². The number of benzene rings is 1. The molecule has 0 unspecified atom stereocenters. The molecule has 0 bridgehead atoms. The smallest absolute Gasteiger partial charge is 0.224 e. The SMILES string of the molecule is CCOc1ccc(NC(=O)CCCCCN)cc1F. The van der Waals surface area contributed by atoms with E-state index in [1.54, 1.807) is 13.0 Å². The van der Waals surface area contributed by atoms with Crippen LogP contribution in [0.2, 0.25) is 0 Å². The van der Waals surface area contributed by atoms with Crippen LogP contribution in [0.5, 0.6) is 5.75 Å². The minimum atomic E-state index is -0.470. The van der Waals surface area contributed by atoms with Gasteiger partial charge in [-0.05, 0) is 38.4 Å². The van der Waals surface area contributed by atoms with Gasteiger partial charge < -0.3 is 15.8 Å². The van der Waals surface area contributed by atoms with E-state index < -0.39 is 5.82 Å². The van der Waals surface area contributed by atoms with Crippen molar-refractivity contribution in [3.8, 4) is 5.75 Å². The van der Waals surface area contributed by atoms with Gasteiger partial charge in [-0.2, -0.15) is 0 Å². The summed E-state index contributed by atoms with van der Waals surface area (Å²) in [5, 5.41) is 2.66. The molecule has 0 aliphatic carbocycles. The Balaban J connectivity index is 2.44. The molecule has 0 spiro atoms. The number of amides is 1. The first-order valence-corrected chi connectivity index (χ1v) is 6.59. The Hall–Kier alpha value is -1.62. The van der Waals surface area contributed by atoms with Gasteiger partial charge in [0.25, 0.3) is 0 Å². The Labute approximate surface area is 113 Å². The lowest BCUT2D eigenvalue weighted by Crippen LogP contribution is -2.11. The molecule has 19 heavy (non-hydrogen) atoms. The summed E-state index contributed by atoms with van der Waals surface area (Å²) in [6.45, 7) is 2.84. The van der Waals surface area contributed by atoms with E-state index >= 15 is 0 Å². The van der Waals surface area contributed by atoms with Gasteiger partial charge in [-0.15, -0.1) is 0 Å². The summed E-state index contributed by atoms with van der Waals surface area (Å²) < 4.78 is 18.6. The molecule has 0 heterocycles. The average Bonchev–Trinajstić information content (AvgIpc) is 2.38. The maximum absolute atomic E-state index is 13.5. The first-order chi connectivity index (χ1) is 9.17. The van der Waals surface area contributed by atoms with E-state index in [2.05, 4.69) is 5.32 Å². The Bertz CT molecular complexity index is 410. The van der Waals surface area contributed by atoms with Crippen molar-refractivity contribution in [2.24, 2.45) is 5.73 Å². The summed E-state index contributed by atoms with van der Waals surface area (Å²) in [7, 11) is 0. The van der Waals surface area contributed by atoms with Crippen molar-refractivity contribution in [3.05, 3.63) is 24.0 Å². The zero-order valence-electron chi connectivity index (χ0n) is 11.2. The normalized spacial score (nSPS) is 10.3. The minimum Gasteiger partial charge on any atom is -0.491 e. The lowest BCUT2D eigenvalue weighted by Gasteiger charge is -2.08. The topological polar surface area (TPSA) is 64.3 Å². The molecule has 106 valence electrons. The Kier molecular flexibility index (Phi) is 6.89. The third kappa shape index (κ3) is 5.70. The third-order valence-corrected chi connectivity index (χ3v) is 2.62. The van der Waals surface area contributed by atoms with Crippen molar-refractivity contribution in [2.45, 2.75) is 32.6 Å². The quantitative estimate of drug-likeness (QED) is 0.712. The molecule has 0 atom stereocenters. The monoisotopic (exact) mass is 268 g/mol. The van der Waals surface area contributed by atoms with Gasteiger partial charge in [-0.25, -0.2) is 4.39 Å². The van der Waals surface area contributed by atoms with Crippen molar-refractivity contribution >= 4 is 11.6 Å². The number of anilines is 1. The van der Waals surface area contributed by atoms with E-state index in [-0.39, 0.29) is 11.7 Å². The van der Waals surface area contributed by atoms with Gasteiger partial charge in [0, 0.05) is 18.2 Å². The second-order valence-corrected chi connectivity index (χ2v) is 4.23. The highest BCUT2D eigenvalue weighted by Crippen LogP contribution is 2.21. The number of nitrogens with two attached hydrogens (primary N) is 1. The summed E-state index contributed by atoms with van der Waals surface area (Å²) in [6, 6.07) is 4.41. The molecule has 0 aliphatic heterocycles. The van der Waals surface area contributed by atoms with E-state index in [9.17, 15) is 9.18 Å². The fraction of sp³-hybridized carbons (Fsp3) is 0.500. The predicted molar refractivity (Wildman–Crippen MR) is 73.7 cm³/mol. The summed E-state index contributed by atoms with van der Waals surface area (Å²) in [4.78, 5) is 11.6. The standard InChI is InChI=1S/C14H21FN2O2/c1-2-19-13-8-7-11(10-12(13)15)17-14(18)6-4-3-5-9-16/h7-8,10H,2-6,9,16H2,1H3,(H,17,18). The molecule has 4 nitrogen and oxygen atoms in total. The molecule has 0 aliphatic rings. The number of carbonyl (C=O) groups excluding carboxylic acids is 1. The first-order valence-electron chi connectivity index (χ1n) is 6.59. The lowest BCUT2D eigenvalue weighted by molar-refractivity contribution is -0.116. The molecule has 5 heteroatoms. The molecular formula is C14H21FN2O2. The number of rotatable bonds is 8. The van der Waals surface area contributed by atoms with Crippen LogP contribution >= 0.6 is 0 Å². The predicted octanol–water partition coefficient (Wildman–Crippen LogP) is 2.68. The van der Waals surface area contributed by atoms with Gasteiger partial charge in [0.15, 0.2) is 11.6 Å². The molecule has 0 aromatic heterocycles. The molecule has 1 aromatic rings. The summed E-state index contributed by atoms with van der Waals surface area (Å²) in [5.41, 5.74) is 5.82. The number of unbranched alkanes of at least 4 members (excludes halogenated alkanes) is 2. The van der Waals surface area contributed by atoms with E-state index in [1.807, 2.05) is 0 Å². The van der Waals surface area contributed by atoms with Gasteiger partial charge in [0.1, 0.15) is 0 Å². The Morgan fingerprint density at radius 3 is 2.79 bits per heavy atom. The lowest BCUT2D eigenvalue weighted by atomic mass is 10.2. The summed E-state index contributed by atoms with van der Waals surface area (Å²) >= 11 is 0. The second kappa shape index (κ2) is 8.48. The number of hydrogen-bond donors (Lipinski definition) is 2. The van der Waals surface area contributed by atoms with Crippen LogP contribution in [0.4, 0.5) is 10.1 Å². The van der Waals surface area contributed by atoms with Crippen LogP contribution in [0.15, 0.2) is 18.2 Å². The number of carbonyl (C=O) groups is 1. The van der Waals surface area contributed by atoms with Crippen LogP contribution in [0.1, 0.15) is 32.6 Å². The molecule has 1 aromatic carbocycles. The van der Waals surface area contributed by atoms with Crippen LogP contribution in [0.25, 0.3) is 0 Å². The van der Waals surface area contributed by atoms with Crippen LogP contribution in [0, 0.1) is 5.82 Å². The maximum atomic E-state index is 13.5. The molecule has 0 fully saturated rings. The Morgan fingerprint density at radius 2 is 2.16 bits per heavy atom. The van der Waals surface area contributed by atoms with Crippen molar-refractivity contribution < 1.29 is 13.9 Å². The van der Waals surface area contributed by atoms with Crippen molar-refractivity contribution in [2.75, 3.05) is 18.5 Å². The first kappa shape index (κ1) is 15.4. The minimum absolute atomic E-state index is 0.111. The zero-order chi connectivity index (χ0) is 14.1. The largest absolute Gasteiger partial charge is 0.491 e. The highest BCUT2D eigenvalue weighted by atomic mass is 19.1. The maximum Gasteiger partial charge on any atom is 0.224 e. The molecule has 1 amide bonds. The third-order valence-electron chi connectivity index (χ3n) is 2.62. The Morgan fingerprint density at radius 1 is 1.37 bits per heavy atom. The highest BCUT2D eigenvalue weighted by molar-refractivity contribution is 5.90. The second-order valence-electron chi connectivity index (χ2n) is 4.23. The molecule has 1 rings (SSSR count). The highest BCUT2D eigenvalue weighted by Gasteiger charge is 2.07. The fourth-order valence-corrected chi connectivity index (χ4v) is 1.68. The van der Waals surface area contributed by atoms with Gasteiger partial charge in [0.2, 0.25) is 5.91 Å². The number of halogens is 1. The van der Waals surface area contributed by atoms with E-state index in [1.165, 1.54) is 12.1 Å². The molecule has 0 saturated carbocycles.